The van der Waals surface area contributed by atoms with E-state index in [1.165, 1.54) is 10.9 Å². The lowest BCUT2D eigenvalue weighted by atomic mass is 9.95. The van der Waals surface area contributed by atoms with Crippen LogP contribution in [0.3, 0.4) is 0 Å². The van der Waals surface area contributed by atoms with Crippen LogP contribution in [-0.2, 0) is 41.6 Å². The van der Waals surface area contributed by atoms with Crippen LogP contribution in [0, 0.1) is 5.92 Å². The quantitative estimate of drug-likeness (QED) is 0.381. The molecule has 170 valence electrons. The number of carbonyl (C=O) groups excluding carboxylic acids is 1. The van der Waals surface area contributed by atoms with Crippen LogP contribution in [0.4, 0.5) is 4.79 Å². The minimum atomic E-state index is -3.60. The molecule has 0 unspecified atom stereocenters. The van der Waals surface area contributed by atoms with Gasteiger partial charge in [-0.25, -0.2) is 14.3 Å². The van der Waals surface area contributed by atoms with Crippen LogP contribution in [0.25, 0.3) is 0 Å². The molecule has 2 atom stereocenters. The lowest BCUT2D eigenvalue weighted by Gasteiger charge is -2.23. The Kier molecular flexibility index (Phi) is 8.72. The Balaban J connectivity index is 2.75. The van der Waals surface area contributed by atoms with E-state index in [2.05, 4.69) is 19.8 Å². The summed E-state index contributed by atoms with van der Waals surface area (Å²) in [4.78, 5) is 34.9. The van der Waals surface area contributed by atoms with E-state index >= 15 is 0 Å². The third-order valence-corrected chi connectivity index (χ3v) is 4.11. The second-order valence-electron chi connectivity index (χ2n) is 7.51. The minimum Gasteiger partial charge on any atom is -0.481 e. The fourth-order valence-electron chi connectivity index (χ4n) is 2.30. The molecule has 0 fully saturated rings. The highest BCUT2D eigenvalue weighted by molar-refractivity contribution is 7.85. The number of carboxylic acids is 2. The standard InChI is InChI=1S/C16H26N4O9S/c1-16(2,3)29-15(25)17-12(14(23)24)8-10(13(21)22)7-11-9-20(19-18-11)5-6-28-30(4,26)27/h9-10,12H,5-8H2,1-4H3,(H,17,25)(H,21,22)(H,23,24)/t10-,12-/m0/s1. The third kappa shape index (κ3) is 10.2. The Bertz CT molecular complexity index is 860. The van der Waals surface area contributed by atoms with Crippen molar-refractivity contribution in [2.45, 2.75) is 51.8 Å². The number of rotatable bonds is 11. The van der Waals surface area contributed by atoms with Crippen molar-refractivity contribution in [3.63, 3.8) is 0 Å². The lowest BCUT2D eigenvalue weighted by Crippen LogP contribution is -2.45. The van der Waals surface area contributed by atoms with Crippen molar-refractivity contribution < 1.29 is 41.9 Å². The van der Waals surface area contributed by atoms with Crippen LogP contribution in [0.5, 0.6) is 0 Å². The molecule has 13 nitrogen and oxygen atoms in total. The van der Waals surface area contributed by atoms with Crippen molar-refractivity contribution >= 4 is 28.1 Å². The summed E-state index contributed by atoms with van der Waals surface area (Å²) in [6.45, 7) is 4.70. The molecule has 0 spiro atoms. The molecular formula is C16H26N4O9S. The molecule has 1 rings (SSSR count). The molecule has 0 bridgehead atoms. The minimum absolute atomic E-state index is 0.0652. The summed E-state index contributed by atoms with van der Waals surface area (Å²) in [5, 5.41) is 28.5. The van der Waals surface area contributed by atoms with Gasteiger partial charge in [-0.15, -0.1) is 5.10 Å². The number of hydrogen-bond donors (Lipinski definition) is 3. The molecule has 0 radical (unpaired) electrons. The highest BCUT2D eigenvalue weighted by Crippen LogP contribution is 2.15. The van der Waals surface area contributed by atoms with Crippen molar-refractivity contribution in [2.24, 2.45) is 5.92 Å². The molecule has 0 aliphatic carbocycles. The number of alkyl carbamates (subject to hydrolysis) is 1. The Labute approximate surface area is 173 Å². The Hall–Kier alpha value is -2.74. The van der Waals surface area contributed by atoms with Crippen molar-refractivity contribution in [1.29, 1.82) is 0 Å². The predicted molar refractivity (Wildman–Crippen MR) is 101 cm³/mol. The van der Waals surface area contributed by atoms with Gasteiger partial charge in [0.1, 0.15) is 11.6 Å². The topological polar surface area (TPSA) is 187 Å². The van der Waals surface area contributed by atoms with Crippen molar-refractivity contribution in [3.8, 4) is 0 Å². The average molecular weight is 450 g/mol. The summed E-state index contributed by atoms with van der Waals surface area (Å²) in [6.07, 6.45) is 0.770. The van der Waals surface area contributed by atoms with E-state index < -0.39 is 52.1 Å². The molecule has 0 aromatic carbocycles. The Morgan fingerprint density at radius 2 is 1.87 bits per heavy atom. The third-order valence-electron chi connectivity index (χ3n) is 3.52. The van der Waals surface area contributed by atoms with Gasteiger partial charge in [-0.1, -0.05) is 5.21 Å². The number of nitrogens with zero attached hydrogens (tertiary/aromatic N) is 3. The zero-order chi connectivity index (χ0) is 23.1. The maximum absolute atomic E-state index is 11.8. The molecule has 30 heavy (non-hydrogen) atoms. The van der Waals surface area contributed by atoms with Crippen LogP contribution >= 0.6 is 0 Å². The summed E-state index contributed by atoms with van der Waals surface area (Å²) >= 11 is 0. The zero-order valence-corrected chi connectivity index (χ0v) is 17.9. The largest absolute Gasteiger partial charge is 0.481 e. The molecule has 1 amide bonds. The van der Waals surface area contributed by atoms with E-state index in [9.17, 15) is 33.0 Å². The van der Waals surface area contributed by atoms with Gasteiger partial charge in [0.25, 0.3) is 10.1 Å². The normalized spacial score (nSPS) is 14.0. The number of aliphatic carboxylic acids is 2. The second-order valence-corrected chi connectivity index (χ2v) is 9.16. The summed E-state index contributed by atoms with van der Waals surface area (Å²) < 4.78 is 32.7. The molecule has 0 saturated carbocycles. The molecule has 14 heteroatoms. The molecule has 1 aromatic heterocycles. The number of amides is 1. The van der Waals surface area contributed by atoms with Crippen LogP contribution in [-0.4, -0.2) is 76.2 Å². The van der Waals surface area contributed by atoms with Crippen molar-refractivity contribution in [2.75, 3.05) is 12.9 Å². The van der Waals surface area contributed by atoms with Crippen LogP contribution < -0.4 is 5.32 Å². The molecule has 0 saturated heterocycles. The summed E-state index contributed by atoms with van der Waals surface area (Å²) in [7, 11) is -3.60. The smallest absolute Gasteiger partial charge is 0.408 e. The van der Waals surface area contributed by atoms with Crippen LogP contribution in [0.2, 0.25) is 0 Å². The monoisotopic (exact) mass is 450 g/mol. The summed E-state index contributed by atoms with van der Waals surface area (Å²) in [6, 6.07) is -1.49. The SMILES string of the molecule is CC(C)(C)OC(=O)N[C@@H](C[C@H](Cc1cn(CCOS(C)(=O)=O)nn1)C(=O)O)C(=O)O. The first-order valence-corrected chi connectivity index (χ1v) is 10.7. The maximum Gasteiger partial charge on any atom is 0.408 e. The Morgan fingerprint density at radius 3 is 2.37 bits per heavy atom. The number of carbonyl (C=O) groups is 3. The van der Waals surface area contributed by atoms with Crippen molar-refractivity contribution in [3.05, 3.63) is 11.9 Å². The van der Waals surface area contributed by atoms with Crippen LogP contribution in [0.1, 0.15) is 32.9 Å². The summed E-state index contributed by atoms with van der Waals surface area (Å²) in [5.41, 5.74) is -0.596. The molecule has 1 aromatic rings. The molecule has 3 N–H and O–H groups in total. The molecular weight excluding hydrogens is 424 g/mol. The van der Waals surface area contributed by atoms with Gasteiger partial charge < -0.3 is 20.3 Å². The van der Waals surface area contributed by atoms with Gasteiger partial charge in [0.2, 0.25) is 0 Å². The van der Waals surface area contributed by atoms with Crippen molar-refractivity contribution in [1.82, 2.24) is 20.3 Å². The number of nitrogens with one attached hydrogen (secondary N) is 1. The summed E-state index contributed by atoms with van der Waals surface area (Å²) in [5.74, 6) is -3.87. The van der Waals surface area contributed by atoms with Gasteiger partial charge in [0.05, 0.1) is 31.0 Å². The van der Waals surface area contributed by atoms with Gasteiger partial charge in [-0.2, -0.15) is 8.42 Å². The first-order valence-electron chi connectivity index (χ1n) is 8.85. The molecule has 0 aliphatic heterocycles. The van der Waals surface area contributed by atoms with E-state index in [1.54, 1.807) is 20.8 Å². The Morgan fingerprint density at radius 1 is 1.23 bits per heavy atom. The van der Waals surface area contributed by atoms with E-state index in [0.717, 1.165) is 6.26 Å². The van der Waals surface area contributed by atoms with E-state index in [-0.39, 0.29) is 25.3 Å². The predicted octanol–water partition coefficient (Wildman–Crippen LogP) is -0.134. The average Bonchev–Trinajstić information content (AvgIpc) is 2.97. The molecule has 1 heterocycles. The van der Waals surface area contributed by atoms with Crippen LogP contribution in [0.15, 0.2) is 6.20 Å². The number of aromatic nitrogens is 3. The fraction of sp³-hybridized carbons (Fsp3) is 0.688. The second kappa shape index (κ2) is 10.3. The van der Waals surface area contributed by atoms with E-state index in [1.807, 2.05) is 0 Å². The highest BCUT2D eigenvalue weighted by Gasteiger charge is 2.30. The maximum atomic E-state index is 11.8. The van der Waals surface area contributed by atoms with E-state index in [0.29, 0.717) is 0 Å². The first kappa shape index (κ1) is 25.3. The number of ether oxygens (including phenoxy) is 1. The fourth-order valence-corrected chi connectivity index (χ4v) is 2.68. The van der Waals surface area contributed by atoms with Gasteiger partial charge in [-0.05, 0) is 27.2 Å². The van der Waals surface area contributed by atoms with E-state index in [4.69, 9.17) is 4.74 Å². The van der Waals surface area contributed by atoms with Gasteiger partial charge in [0.15, 0.2) is 0 Å². The van der Waals surface area contributed by atoms with Gasteiger partial charge in [0, 0.05) is 12.6 Å². The van der Waals surface area contributed by atoms with Gasteiger partial charge >= 0.3 is 18.0 Å². The van der Waals surface area contributed by atoms with Gasteiger partial charge in [-0.3, -0.25) is 8.98 Å². The number of hydrogen-bond acceptors (Lipinski definition) is 9. The highest BCUT2D eigenvalue weighted by atomic mass is 32.2. The number of carboxylic acid groups (broad SMARTS) is 2. The molecule has 0 aliphatic rings. The first-order chi connectivity index (χ1) is 13.7. The lowest BCUT2D eigenvalue weighted by molar-refractivity contribution is -0.144. The zero-order valence-electron chi connectivity index (χ0n) is 17.1.